The van der Waals surface area contributed by atoms with Crippen molar-refractivity contribution in [2.24, 2.45) is 5.92 Å². The van der Waals surface area contributed by atoms with E-state index in [0.717, 1.165) is 12.4 Å². The Balaban J connectivity index is 2.29. The average Bonchev–Trinajstić information content (AvgIpc) is 2.43. The molecule has 0 bridgehead atoms. The Morgan fingerprint density at radius 2 is 2.07 bits per heavy atom. The minimum atomic E-state index is 0.247. The smallest absolute Gasteiger partial charge is 0.223 e. The summed E-state index contributed by atoms with van der Waals surface area (Å²) in [4.78, 5) is 10.3. The topological polar surface area (TPSA) is 81.1 Å². The van der Waals surface area contributed by atoms with E-state index >= 15 is 0 Å². The molecule has 5 heteroatoms. The summed E-state index contributed by atoms with van der Waals surface area (Å²) in [5, 5.41) is 0. The average molecular weight is 207 g/mol. The highest BCUT2D eigenvalue weighted by atomic mass is 15.3. The van der Waals surface area contributed by atoms with Crippen LogP contribution in [0, 0.1) is 5.92 Å². The van der Waals surface area contributed by atoms with Gasteiger partial charge in [0, 0.05) is 18.7 Å². The molecule has 5 nitrogen and oxygen atoms in total. The van der Waals surface area contributed by atoms with E-state index in [4.69, 9.17) is 11.5 Å². The van der Waals surface area contributed by atoms with Gasteiger partial charge in [-0.3, -0.25) is 0 Å². The second-order valence-electron chi connectivity index (χ2n) is 4.35. The maximum atomic E-state index is 5.65. The summed E-state index contributed by atoms with van der Waals surface area (Å²) in [7, 11) is 0. The van der Waals surface area contributed by atoms with Crippen LogP contribution in [0.25, 0.3) is 0 Å². The molecule has 2 rings (SSSR count). The molecule has 2 atom stereocenters. The quantitative estimate of drug-likeness (QED) is 0.714. The number of hydrogen-bond acceptors (Lipinski definition) is 5. The molecule has 0 aromatic carbocycles. The predicted octanol–water partition coefficient (Wildman–Crippen LogP) is 0.876. The Bertz CT molecular complexity index is 345. The van der Waals surface area contributed by atoms with E-state index in [1.807, 2.05) is 0 Å². The van der Waals surface area contributed by atoms with Crippen LogP contribution >= 0.6 is 0 Å². The van der Waals surface area contributed by atoms with E-state index < -0.39 is 0 Å². The van der Waals surface area contributed by atoms with E-state index in [9.17, 15) is 0 Å². The van der Waals surface area contributed by atoms with Crippen LogP contribution in [0.15, 0.2) is 6.07 Å². The number of nitrogens with zero attached hydrogens (tertiary/aromatic N) is 3. The monoisotopic (exact) mass is 207 g/mol. The molecule has 0 saturated carbocycles. The van der Waals surface area contributed by atoms with Crippen LogP contribution in [-0.2, 0) is 0 Å². The minimum Gasteiger partial charge on any atom is -0.383 e. The van der Waals surface area contributed by atoms with Gasteiger partial charge in [-0.2, -0.15) is 9.97 Å². The van der Waals surface area contributed by atoms with Crippen molar-refractivity contribution in [2.45, 2.75) is 26.3 Å². The first-order valence-electron chi connectivity index (χ1n) is 5.23. The van der Waals surface area contributed by atoms with Crippen molar-refractivity contribution in [2.75, 3.05) is 22.9 Å². The SMILES string of the molecule is CC1CC(C)N(c2cc(N)nc(N)n2)C1. The number of hydrogen-bond donors (Lipinski definition) is 2. The van der Waals surface area contributed by atoms with Gasteiger partial charge in [-0.15, -0.1) is 0 Å². The first-order chi connectivity index (χ1) is 7.06. The first kappa shape index (κ1) is 10.0. The lowest BCUT2D eigenvalue weighted by molar-refractivity contribution is 0.625. The zero-order valence-corrected chi connectivity index (χ0v) is 9.14. The van der Waals surface area contributed by atoms with Crippen LogP contribution in [0.1, 0.15) is 20.3 Å². The van der Waals surface area contributed by atoms with Crippen molar-refractivity contribution in [1.29, 1.82) is 0 Å². The van der Waals surface area contributed by atoms with Crippen molar-refractivity contribution < 1.29 is 0 Å². The summed E-state index contributed by atoms with van der Waals surface area (Å²) in [6, 6.07) is 2.28. The van der Waals surface area contributed by atoms with Gasteiger partial charge in [-0.25, -0.2) is 0 Å². The largest absolute Gasteiger partial charge is 0.383 e. The zero-order valence-electron chi connectivity index (χ0n) is 9.14. The Labute approximate surface area is 89.5 Å². The van der Waals surface area contributed by atoms with Crippen LogP contribution in [0.5, 0.6) is 0 Å². The van der Waals surface area contributed by atoms with Gasteiger partial charge in [-0.1, -0.05) is 6.92 Å². The van der Waals surface area contributed by atoms with E-state index in [-0.39, 0.29) is 5.95 Å². The first-order valence-corrected chi connectivity index (χ1v) is 5.23. The molecule has 15 heavy (non-hydrogen) atoms. The van der Waals surface area contributed by atoms with Gasteiger partial charge >= 0.3 is 0 Å². The Hall–Kier alpha value is -1.52. The van der Waals surface area contributed by atoms with Gasteiger partial charge in [0.25, 0.3) is 0 Å². The maximum Gasteiger partial charge on any atom is 0.223 e. The number of rotatable bonds is 1. The molecule has 1 fully saturated rings. The molecule has 0 spiro atoms. The fourth-order valence-electron chi connectivity index (χ4n) is 2.24. The number of aromatic nitrogens is 2. The van der Waals surface area contributed by atoms with Crippen molar-refractivity contribution in [3.8, 4) is 0 Å². The Morgan fingerprint density at radius 1 is 1.33 bits per heavy atom. The van der Waals surface area contributed by atoms with Crippen molar-refractivity contribution >= 4 is 17.6 Å². The van der Waals surface area contributed by atoms with Crippen LogP contribution in [0.4, 0.5) is 17.6 Å². The molecule has 0 amide bonds. The van der Waals surface area contributed by atoms with E-state index in [1.54, 1.807) is 6.07 Å². The molecule has 1 aromatic heterocycles. The Morgan fingerprint density at radius 3 is 2.60 bits per heavy atom. The van der Waals surface area contributed by atoms with Gasteiger partial charge in [0.1, 0.15) is 11.6 Å². The number of nitrogen functional groups attached to an aromatic ring is 2. The van der Waals surface area contributed by atoms with E-state index in [1.165, 1.54) is 6.42 Å². The molecule has 2 unspecified atom stereocenters. The third-order valence-corrected chi connectivity index (χ3v) is 2.83. The van der Waals surface area contributed by atoms with Crippen LogP contribution in [0.3, 0.4) is 0 Å². The van der Waals surface area contributed by atoms with Gasteiger partial charge in [0.05, 0.1) is 0 Å². The van der Waals surface area contributed by atoms with Gasteiger partial charge in [0.15, 0.2) is 0 Å². The molecule has 1 aromatic rings. The standard InChI is InChI=1S/C10H17N5/c1-6-3-7(2)15(5-6)9-4-8(11)13-10(12)14-9/h4,6-7H,3,5H2,1-2H3,(H4,11,12,13,14). The van der Waals surface area contributed by atoms with Crippen LogP contribution < -0.4 is 16.4 Å². The molecule has 1 aliphatic heterocycles. The van der Waals surface area contributed by atoms with Crippen LogP contribution in [0.2, 0.25) is 0 Å². The summed E-state index contributed by atoms with van der Waals surface area (Å²) in [6.07, 6.45) is 1.18. The molecule has 82 valence electrons. The number of nitrogens with two attached hydrogens (primary N) is 2. The second-order valence-corrected chi connectivity index (χ2v) is 4.35. The van der Waals surface area contributed by atoms with Crippen molar-refractivity contribution in [3.05, 3.63) is 6.07 Å². The highest BCUT2D eigenvalue weighted by Crippen LogP contribution is 2.28. The maximum absolute atomic E-state index is 5.65. The zero-order chi connectivity index (χ0) is 11.0. The molecule has 4 N–H and O–H groups in total. The summed E-state index contributed by atoms with van der Waals surface area (Å²) >= 11 is 0. The molecule has 1 saturated heterocycles. The molecular weight excluding hydrogens is 190 g/mol. The lowest BCUT2D eigenvalue weighted by atomic mass is 10.1. The molecule has 0 aliphatic carbocycles. The molecular formula is C10H17N5. The van der Waals surface area contributed by atoms with E-state index in [0.29, 0.717) is 17.8 Å². The second kappa shape index (κ2) is 3.56. The summed E-state index contributed by atoms with van der Waals surface area (Å²) < 4.78 is 0. The fraction of sp³-hybridized carbons (Fsp3) is 0.600. The fourth-order valence-corrected chi connectivity index (χ4v) is 2.24. The predicted molar refractivity (Wildman–Crippen MR) is 61.4 cm³/mol. The van der Waals surface area contributed by atoms with Gasteiger partial charge in [0.2, 0.25) is 5.95 Å². The van der Waals surface area contributed by atoms with E-state index in [2.05, 4.69) is 28.7 Å². The summed E-state index contributed by atoms with van der Waals surface area (Å²) in [6.45, 7) is 5.44. The van der Waals surface area contributed by atoms with Crippen molar-refractivity contribution in [3.63, 3.8) is 0 Å². The third-order valence-electron chi connectivity index (χ3n) is 2.83. The highest BCUT2D eigenvalue weighted by molar-refractivity contribution is 5.51. The summed E-state index contributed by atoms with van der Waals surface area (Å²) in [5.74, 6) is 2.22. The normalized spacial score (nSPS) is 25.9. The Kier molecular flexibility index (Phi) is 2.38. The lowest BCUT2D eigenvalue weighted by Gasteiger charge is -2.22. The molecule has 0 radical (unpaired) electrons. The lowest BCUT2D eigenvalue weighted by Crippen LogP contribution is -2.28. The van der Waals surface area contributed by atoms with Gasteiger partial charge < -0.3 is 16.4 Å². The third kappa shape index (κ3) is 1.95. The van der Waals surface area contributed by atoms with Crippen molar-refractivity contribution in [1.82, 2.24) is 9.97 Å². The molecule has 1 aliphatic rings. The van der Waals surface area contributed by atoms with Gasteiger partial charge in [-0.05, 0) is 19.3 Å². The molecule has 2 heterocycles. The minimum absolute atomic E-state index is 0.247. The highest BCUT2D eigenvalue weighted by Gasteiger charge is 2.27. The summed E-state index contributed by atoms with van der Waals surface area (Å²) in [5.41, 5.74) is 11.2. The number of anilines is 3. The van der Waals surface area contributed by atoms with Crippen LogP contribution in [-0.4, -0.2) is 22.6 Å².